The van der Waals surface area contributed by atoms with Crippen LogP contribution < -0.4 is 0 Å². The van der Waals surface area contributed by atoms with Gasteiger partial charge in [0.2, 0.25) is 15.9 Å². The number of sulfonamides is 1. The van der Waals surface area contributed by atoms with Crippen LogP contribution in [0.5, 0.6) is 0 Å². The van der Waals surface area contributed by atoms with Gasteiger partial charge in [-0.2, -0.15) is 9.29 Å². The van der Waals surface area contributed by atoms with E-state index in [0.29, 0.717) is 35.4 Å². The average Bonchev–Trinajstić information content (AvgIpc) is 2.76. The molecule has 0 radical (unpaired) electrons. The van der Waals surface area contributed by atoms with E-state index in [-0.39, 0.29) is 10.8 Å². The number of hydrogen-bond donors (Lipinski definition) is 0. The lowest BCUT2D eigenvalue weighted by Crippen LogP contribution is -2.48. The van der Waals surface area contributed by atoms with Crippen molar-refractivity contribution in [3.8, 4) is 0 Å². The van der Waals surface area contributed by atoms with Gasteiger partial charge in [-0.25, -0.2) is 8.42 Å². The maximum atomic E-state index is 12.6. The van der Waals surface area contributed by atoms with Crippen LogP contribution in [0.3, 0.4) is 0 Å². The van der Waals surface area contributed by atoms with Crippen LogP contribution in [-0.2, 0) is 10.0 Å². The molecule has 21 heavy (non-hydrogen) atoms. The van der Waals surface area contributed by atoms with E-state index in [2.05, 4.69) is 10.1 Å². The molecule has 0 saturated carbocycles. The zero-order valence-electron chi connectivity index (χ0n) is 11.6. The van der Waals surface area contributed by atoms with Gasteiger partial charge in [0, 0.05) is 18.1 Å². The van der Waals surface area contributed by atoms with Crippen LogP contribution in [0.4, 0.5) is 0 Å². The van der Waals surface area contributed by atoms with Crippen LogP contribution in [0.1, 0.15) is 23.2 Å². The molecule has 0 spiro atoms. The normalized spacial score (nSPS) is 16.9. The van der Waals surface area contributed by atoms with Gasteiger partial charge in [0.05, 0.1) is 10.8 Å². The molecule has 1 aliphatic rings. The largest absolute Gasteiger partial charge is 0.339 e. The summed E-state index contributed by atoms with van der Waals surface area (Å²) in [4.78, 5) is 4.38. The third kappa shape index (κ3) is 2.45. The first-order valence-electron chi connectivity index (χ1n) is 6.45. The Morgan fingerprint density at radius 2 is 2.05 bits per heavy atom. The molecule has 8 heteroatoms. The van der Waals surface area contributed by atoms with Gasteiger partial charge in [0.25, 0.3) is 0 Å². The first-order chi connectivity index (χ1) is 9.89. The van der Waals surface area contributed by atoms with Crippen molar-refractivity contribution in [1.29, 1.82) is 0 Å². The van der Waals surface area contributed by atoms with Gasteiger partial charge in [-0.15, -0.1) is 0 Å². The molecule has 1 aromatic heterocycles. The van der Waals surface area contributed by atoms with Gasteiger partial charge in [-0.3, -0.25) is 0 Å². The smallest absolute Gasteiger partial charge is 0.243 e. The number of aromatic nitrogens is 2. The SMILES string of the molecule is Cc1noc(C2CN(S(=O)(=O)c3cccc(Cl)c3C)C2)n1. The molecular formula is C13H14ClN3O3S. The predicted octanol–water partition coefficient (Wildman–Crippen LogP) is 2.13. The molecule has 2 aromatic rings. The Balaban J connectivity index is 1.81. The second kappa shape index (κ2) is 5.08. The fourth-order valence-corrected chi connectivity index (χ4v) is 4.28. The minimum Gasteiger partial charge on any atom is -0.339 e. The van der Waals surface area contributed by atoms with E-state index in [1.807, 2.05) is 0 Å². The van der Waals surface area contributed by atoms with Crippen molar-refractivity contribution in [3.63, 3.8) is 0 Å². The highest BCUT2D eigenvalue weighted by molar-refractivity contribution is 7.89. The molecule has 0 bridgehead atoms. The third-order valence-corrected chi connectivity index (χ3v) is 5.96. The second-order valence-electron chi connectivity index (χ2n) is 5.06. The van der Waals surface area contributed by atoms with E-state index in [1.165, 1.54) is 4.31 Å². The molecule has 2 heterocycles. The van der Waals surface area contributed by atoms with Crippen LogP contribution in [0.25, 0.3) is 0 Å². The van der Waals surface area contributed by atoms with Gasteiger partial charge < -0.3 is 4.52 Å². The Morgan fingerprint density at radius 3 is 2.67 bits per heavy atom. The maximum Gasteiger partial charge on any atom is 0.243 e. The summed E-state index contributed by atoms with van der Waals surface area (Å²) in [5, 5.41) is 4.16. The molecule has 0 amide bonds. The summed E-state index contributed by atoms with van der Waals surface area (Å²) in [6.45, 7) is 4.12. The van der Waals surface area contributed by atoms with Crippen LogP contribution in [-0.4, -0.2) is 36.0 Å². The van der Waals surface area contributed by atoms with E-state index < -0.39 is 10.0 Å². The summed E-state index contributed by atoms with van der Waals surface area (Å²) in [5.41, 5.74) is 0.566. The van der Waals surface area contributed by atoms with Crippen molar-refractivity contribution in [2.75, 3.05) is 13.1 Å². The van der Waals surface area contributed by atoms with E-state index in [1.54, 1.807) is 32.0 Å². The molecule has 0 atom stereocenters. The highest BCUT2D eigenvalue weighted by Gasteiger charge is 2.40. The van der Waals surface area contributed by atoms with Gasteiger partial charge in [-0.05, 0) is 31.5 Å². The molecule has 1 aliphatic heterocycles. The minimum absolute atomic E-state index is 0.0412. The molecule has 1 aromatic carbocycles. The Labute approximate surface area is 127 Å². The van der Waals surface area contributed by atoms with Crippen LogP contribution in [0.15, 0.2) is 27.6 Å². The number of nitrogens with zero attached hydrogens (tertiary/aromatic N) is 3. The average molecular weight is 328 g/mol. The monoisotopic (exact) mass is 327 g/mol. The van der Waals surface area contributed by atoms with Crippen molar-refractivity contribution < 1.29 is 12.9 Å². The first-order valence-corrected chi connectivity index (χ1v) is 8.27. The molecule has 0 N–H and O–H groups in total. The fourth-order valence-electron chi connectivity index (χ4n) is 2.28. The molecule has 3 rings (SSSR count). The Kier molecular flexibility index (Phi) is 3.51. The van der Waals surface area contributed by atoms with Crippen LogP contribution >= 0.6 is 11.6 Å². The summed E-state index contributed by atoms with van der Waals surface area (Å²) in [6, 6.07) is 4.89. The van der Waals surface area contributed by atoms with Gasteiger partial charge in [-0.1, -0.05) is 22.8 Å². The fraction of sp³-hybridized carbons (Fsp3) is 0.385. The van der Waals surface area contributed by atoms with Crippen LogP contribution in [0, 0.1) is 13.8 Å². The van der Waals surface area contributed by atoms with Gasteiger partial charge >= 0.3 is 0 Å². The summed E-state index contributed by atoms with van der Waals surface area (Å²) in [7, 11) is -3.53. The lowest BCUT2D eigenvalue weighted by Gasteiger charge is -2.36. The van der Waals surface area contributed by atoms with Gasteiger partial charge in [0.15, 0.2) is 5.82 Å². The van der Waals surface area contributed by atoms with E-state index in [9.17, 15) is 8.42 Å². The number of halogens is 1. The highest BCUT2D eigenvalue weighted by atomic mass is 35.5. The summed E-state index contributed by atoms with van der Waals surface area (Å²) in [5.74, 6) is 0.999. The maximum absolute atomic E-state index is 12.6. The van der Waals surface area contributed by atoms with Gasteiger partial charge in [0.1, 0.15) is 0 Å². The number of benzene rings is 1. The standard InChI is InChI=1S/C13H14ClN3O3S/c1-8-11(14)4-3-5-12(8)21(18,19)17-6-10(7-17)13-15-9(2)16-20-13/h3-5,10H,6-7H2,1-2H3. The molecule has 1 fully saturated rings. The van der Waals surface area contributed by atoms with Crippen molar-refractivity contribution in [2.45, 2.75) is 24.7 Å². The molecule has 1 saturated heterocycles. The van der Waals surface area contributed by atoms with E-state index in [4.69, 9.17) is 16.1 Å². The Morgan fingerprint density at radius 1 is 1.33 bits per heavy atom. The number of hydrogen-bond acceptors (Lipinski definition) is 5. The van der Waals surface area contributed by atoms with E-state index in [0.717, 1.165) is 0 Å². The van der Waals surface area contributed by atoms with Crippen LogP contribution in [0.2, 0.25) is 5.02 Å². The Bertz CT molecular complexity index is 782. The topological polar surface area (TPSA) is 76.3 Å². The molecule has 0 unspecified atom stereocenters. The van der Waals surface area contributed by atoms with Crippen molar-refractivity contribution in [1.82, 2.24) is 14.4 Å². The molecular weight excluding hydrogens is 314 g/mol. The second-order valence-corrected chi connectivity index (χ2v) is 7.38. The Hall–Kier alpha value is -1.44. The summed E-state index contributed by atoms with van der Waals surface area (Å²) in [6.07, 6.45) is 0. The minimum atomic E-state index is -3.53. The summed E-state index contributed by atoms with van der Waals surface area (Å²) < 4.78 is 31.6. The quantitative estimate of drug-likeness (QED) is 0.863. The zero-order valence-corrected chi connectivity index (χ0v) is 13.1. The first kappa shape index (κ1) is 14.5. The predicted molar refractivity (Wildman–Crippen MR) is 76.7 cm³/mol. The van der Waals surface area contributed by atoms with Crippen molar-refractivity contribution >= 4 is 21.6 Å². The lowest BCUT2D eigenvalue weighted by molar-refractivity contribution is 0.216. The van der Waals surface area contributed by atoms with Crippen molar-refractivity contribution in [2.24, 2.45) is 0 Å². The molecule has 6 nitrogen and oxygen atoms in total. The summed E-state index contributed by atoms with van der Waals surface area (Å²) >= 11 is 6.00. The van der Waals surface area contributed by atoms with E-state index >= 15 is 0 Å². The number of aryl methyl sites for hydroxylation is 1. The highest BCUT2D eigenvalue weighted by Crippen LogP contribution is 2.33. The lowest BCUT2D eigenvalue weighted by atomic mass is 10.0. The molecule has 112 valence electrons. The zero-order chi connectivity index (χ0) is 15.2. The third-order valence-electron chi connectivity index (χ3n) is 3.58. The molecule has 0 aliphatic carbocycles. The van der Waals surface area contributed by atoms with Crippen molar-refractivity contribution in [3.05, 3.63) is 40.5 Å². The number of rotatable bonds is 3.